The zero-order chi connectivity index (χ0) is 20.5. The summed E-state index contributed by atoms with van der Waals surface area (Å²) in [4.78, 5) is 16.7. The van der Waals surface area contributed by atoms with E-state index in [2.05, 4.69) is 28.9 Å². The zero-order valence-electron chi connectivity index (χ0n) is 16.6. The van der Waals surface area contributed by atoms with Crippen LogP contribution >= 0.6 is 0 Å². The Kier molecular flexibility index (Phi) is 10.9. The molecule has 0 bridgehead atoms. The van der Waals surface area contributed by atoms with E-state index in [4.69, 9.17) is 15.9 Å². The largest absolute Gasteiger partial charge is 0.699 e. The number of aliphatic imine (C=N–C) groups is 1. The molecule has 2 aromatic carbocycles. The van der Waals surface area contributed by atoms with E-state index in [1.54, 1.807) is 12.1 Å². The van der Waals surface area contributed by atoms with Crippen LogP contribution in [0.2, 0.25) is 0 Å². The number of benzene rings is 2. The average Bonchev–Trinajstić information content (AvgIpc) is 3.08. The zero-order valence-corrected chi connectivity index (χ0v) is 19.5. The molecule has 4 N–H and O–H groups in total. The number of nitrogens with zero attached hydrogens (tertiary/aromatic N) is 2. The van der Waals surface area contributed by atoms with Crippen molar-refractivity contribution in [3.63, 3.8) is 0 Å². The van der Waals surface area contributed by atoms with Gasteiger partial charge in [-0.25, -0.2) is 4.79 Å². The van der Waals surface area contributed by atoms with E-state index >= 15 is 0 Å². The quantitative estimate of drug-likeness (QED) is 0.529. The first kappa shape index (κ1) is 25.1. The van der Waals surface area contributed by atoms with Crippen LogP contribution in [0.1, 0.15) is 30.1 Å². The minimum absolute atomic E-state index is 0. The van der Waals surface area contributed by atoms with E-state index in [1.165, 1.54) is 43.7 Å². The molecule has 1 saturated heterocycles. The van der Waals surface area contributed by atoms with E-state index in [9.17, 15) is 4.79 Å². The van der Waals surface area contributed by atoms with Gasteiger partial charge in [-0.2, -0.15) is 0 Å². The number of likely N-dealkylation sites (tertiary alicyclic amines) is 1. The molecule has 1 aliphatic rings. The Labute approximate surface area is 196 Å². The average molecular weight is 472 g/mol. The SMILES string of the molecule is C=Nc1cc([NH-])ccc1NCCN1CCCC1C.O=C(O)c1ccc(O)cc1.[Y]. The van der Waals surface area contributed by atoms with Crippen LogP contribution in [-0.2, 0) is 32.7 Å². The number of aromatic carboxylic acids is 1. The standard InChI is InChI=1S/C14H21N4.C7H6O3.Y/c1-11-4-3-8-18(11)9-7-17-13-6-5-12(15)10-14(13)16-2;8-6-3-1-5(2-4-6)7(9)10;/h5-6,10-11,15,17H,2-4,7-9H2,1H3;1-4,8H,(H,9,10);/q-1;;. The smallest absolute Gasteiger partial charge is 0.335 e. The Hall–Kier alpha value is -1.96. The van der Waals surface area contributed by atoms with Crippen LogP contribution in [0.3, 0.4) is 0 Å². The van der Waals surface area contributed by atoms with E-state index in [-0.39, 0.29) is 44.0 Å². The van der Waals surface area contributed by atoms with Gasteiger partial charge in [0.15, 0.2) is 0 Å². The monoisotopic (exact) mass is 472 g/mol. The number of nitrogens with one attached hydrogen (secondary N) is 2. The number of phenolic OH excluding ortho intramolecular Hbond substituents is 1. The molecule has 1 heterocycles. The molecule has 1 fully saturated rings. The Bertz CT molecular complexity index is 799. The van der Waals surface area contributed by atoms with E-state index in [1.807, 2.05) is 6.07 Å². The van der Waals surface area contributed by atoms with Gasteiger partial charge in [0.1, 0.15) is 5.75 Å². The second-order valence-corrected chi connectivity index (χ2v) is 6.70. The van der Waals surface area contributed by atoms with Crippen LogP contribution in [0.15, 0.2) is 47.5 Å². The van der Waals surface area contributed by atoms with Gasteiger partial charge in [-0.05, 0) is 69.4 Å². The van der Waals surface area contributed by atoms with Crippen LogP contribution in [-0.4, -0.2) is 53.5 Å². The molecule has 0 aliphatic carbocycles. The Morgan fingerprint density at radius 3 is 2.55 bits per heavy atom. The predicted molar refractivity (Wildman–Crippen MR) is 113 cm³/mol. The number of anilines is 1. The minimum Gasteiger partial charge on any atom is -0.699 e. The Morgan fingerprint density at radius 2 is 2.00 bits per heavy atom. The van der Waals surface area contributed by atoms with Gasteiger partial charge in [0.2, 0.25) is 0 Å². The number of hydrogen-bond acceptors (Lipinski definition) is 5. The second-order valence-electron chi connectivity index (χ2n) is 6.70. The number of carbonyl (C=O) groups is 1. The molecule has 29 heavy (non-hydrogen) atoms. The van der Waals surface area contributed by atoms with Gasteiger partial charge in [0.05, 0.1) is 16.9 Å². The first-order valence-corrected chi connectivity index (χ1v) is 9.23. The van der Waals surface area contributed by atoms with Crippen molar-refractivity contribution >= 4 is 29.7 Å². The van der Waals surface area contributed by atoms with E-state index in [0.717, 1.165) is 24.5 Å². The fourth-order valence-corrected chi connectivity index (χ4v) is 3.08. The number of carboxylic acid groups (broad SMARTS) is 1. The maximum atomic E-state index is 10.2. The van der Waals surface area contributed by atoms with Gasteiger partial charge >= 0.3 is 5.97 Å². The summed E-state index contributed by atoms with van der Waals surface area (Å²) in [7, 11) is 0. The molecule has 7 nitrogen and oxygen atoms in total. The summed E-state index contributed by atoms with van der Waals surface area (Å²) in [5, 5.41) is 20.5. The first-order valence-electron chi connectivity index (χ1n) is 9.23. The summed E-state index contributed by atoms with van der Waals surface area (Å²) in [6.07, 6.45) is 2.63. The minimum atomic E-state index is -0.986. The number of phenols is 1. The van der Waals surface area contributed by atoms with Gasteiger partial charge in [-0.1, -0.05) is 6.07 Å². The molecule has 1 aliphatic heterocycles. The van der Waals surface area contributed by atoms with Crippen molar-refractivity contribution in [2.45, 2.75) is 25.8 Å². The summed E-state index contributed by atoms with van der Waals surface area (Å²) in [6.45, 7) is 9.01. The van der Waals surface area contributed by atoms with Crippen molar-refractivity contribution in [3.05, 3.63) is 53.8 Å². The van der Waals surface area contributed by atoms with Crippen molar-refractivity contribution in [1.82, 2.24) is 4.90 Å². The number of hydrogen-bond donors (Lipinski definition) is 3. The fourth-order valence-electron chi connectivity index (χ4n) is 3.08. The fraction of sp³-hybridized carbons (Fsp3) is 0.333. The molecule has 0 amide bonds. The molecular formula is C21H27N4O3Y-. The van der Waals surface area contributed by atoms with Crippen LogP contribution in [0.5, 0.6) is 5.75 Å². The molecule has 3 rings (SSSR count). The van der Waals surface area contributed by atoms with Gasteiger partial charge in [0.25, 0.3) is 0 Å². The van der Waals surface area contributed by atoms with Gasteiger partial charge in [0, 0.05) is 51.8 Å². The summed E-state index contributed by atoms with van der Waals surface area (Å²) in [6, 6.07) is 11.5. The molecule has 1 radical (unpaired) electrons. The number of carboxylic acids is 1. The van der Waals surface area contributed by atoms with Crippen LogP contribution < -0.4 is 5.32 Å². The molecule has 1 unspecified atom stereocenters. The molecule has 8 heteroatoms. The third-order valence-corrected chi connectivity index (χ3v) is 4.69. The molecule has 153 valence electrons. The first-order chi connectivity index (χ1) is 13.4. The molecular weight excluding hydrogens is 445 g/mol. The number of rotatable bonds is 6. The normalized spacial score (nSPS) is 15.6. The van der Waals surface area contributed by atoms with Crippen molar-refractivity contribution in [2.24, 2.45) is 4.99 Å². The summed E-state index contributed by atoms with van der Waals surface area (Å²) < 4.78 is 0. The molecule has 0 saturated carbocycles. The van der Waals surface area contributed by atoms with E-state index < -0.39 is 5.97 Å². The topological polar surface area (TPSA) is 109 Å². The number of aromatic hydroxyl groups is 1. The summed E-state index contributed by atoms with van der Waals surface area (Å²) in [5.41, 5.74) is 9.93. The van der Waals surface area contributed by atoms with Gasteiger partial charge in [-0.3, -0.25) is 9.89 Å². The Morgan fingerprint density at radius 1 is 1.31 bits per heavy atom. The Balaban J connectivity index is 0.000000327. The summed E-state index contributed by atoms with van der Waals surface area (Å²) >= 11 is 0. The van der Waals surface area contributed by atoms with Crippen molar-refractivity contribution in [3.8, 4) is 5.75 Å². The second kappa shape index (κ2) is 12.6. The third-order valence-electron chi connectivity index (χ3n) is 4.69. The molecule has 0 aromatic heterocycles. The van der Waals surface area contributed by atoms with Crippen molar-refractivity contribution < 1.29 is 47.7 Å². The van der Waals surface area contributed by atoms with Crippen molar-refractivity contribution in [1.29, 1.82) is 0 Å². The van der Waals surface area contributed by atoms with Crippen LogP contribution in [0.25, 0.3) is 5.73 Å². The molecule has 2 aromatic rings. The summed E-state index contributed by atoms with van der Waals surface area (Å²) in [5.74, 6) is -0.912. The van der Waals surface area contributed by atoms with E-state index in [0.29, 0.717) is 11.7 Å². The maximum Gasteiger partial charge on any atom is 0.335 e. The van der Waals surface area contributed by atoms with Crippen molar-refractivity contribution in [2.75, 3.05) is 25.0 Å². The van der Waals surface area contributed by atoms with Crippen LogP contribution in [0, 0.1) is 0 Å². The van der Waals surface area contributed by atoms with Gasteiger partial charge < -0.3 is 21.3 Å². The maximum absolute atomic E-state index is 10.2. The van der Waals surface area contributed by atoms with Crippen LogP contribution in [0.4, 0.5) is 17.1 Å². The van der Waals surface area contributed by atoms with Gasteiger partial charge in [-0.15, -0.1) is 5.69 Å². The molecule has 1 atom stereocenters. The third kappa shape index (κ3) is 8.13. The predicted octanol–water partition coefficient (Wildman–Crippen LogP) is 4.69. The molecule has 0 spiro atoms.